The molecule has 18 heavy (non-hydrogen) atoms. The largest absolute Gasteiger partial charge is 0.344 e. The average Bonchev–Trinajstić information content (AvgIpc) is 2.36. The molecule has 0 saturated carbocycles. The second kappa shape index (κ2) is 6.79. The van der Waals surface area contributed by atoms with Crippen molar-refractivity contribution in [3.8, 4) is 11.3 Å². The van der Waals surface area contributed by atoms with Gasteiger partial charge in [0.05, 0.1) is 0 Å². The fraction of sp³-hybridized carbons (Fsp3) is 0.214. The number of nitrogens with zero attached hydrogens (tertiary/aromatic N) is 1. The van der Waals surface area contributed by atoms with E-state index in [1.54, 1.807) is 17.7 Å². The second-order valence-electron chi connectivity index (χ2n) is 3.86. The van der Waals surface area contributed by atoms with Crippen molar-refractivity contribution >= 4 is 15.9 Å². The Hall–Kier alpha value is -0.246. The molecular formula is C14H13BrNOY-. The fourth-order valence-corrected chi connectivity index (χ4v) is 2.25. The summed E-state index contributed by atoms with van der Waals surface area (Å²) in [5.41, 5.74) is 3.09. The van der Waals surface area contributed by atoms with Crippen molar-refractivity contribution in [1.29, 1.82) is 0 Å². The van der Waals surface area contributed by atoms with Gasteiger partial charge in [-0.25, -0.2) is 0 Å². The molecule has 0 spiro atoms. The summed E-state index contributed by atoms with van der Waals surface area (Å²) in [6.45, 7) is 2.11. The quantitative estimate of drug-likeness (QED) is 0.734. The average molecular weight is 380 g/mol. The third kappa shape index (κ3) is 3.01. The van der Waals surface area contributed by atoms with Crippen molar-refractivity contribution in [2.45, 2.75) is 13.3 Å². The molecular weight excluding hydrogens is 367 g/mol. The zero-order valence-electron chi connectivity index (χ0n) is 10.4. The number of pyridine rings is 1. The first-order valence-electron chi connectivity index (χ1n) is 5.50. The summed E-state index contributed by atoms with van der Waals surface area (Å²) in [6.07, 6.45) is 0.939. The number of aromatic nitrogens is 1. The molecule has 2 rings (SSSR count). The van der Waals surface area contributed by atoms with E-state index in [0.29, 0.717) is 4.47 Å². The summed E-state index contributed by atoms with van der Waals surface area (Å²) in [5.74, 6) is 0. The van der Waals surface area contributed by atoms with E-state index < -0.39 is 0 Å². The first kappa shape index (κ1) is 15.8. The minimum Gasteiger partial charge on any atom is -0.344 e. The van der Waals surface area contributed by atoms with Crippen LogP contribution < -0.4 is 5.56 Å². The van der Waals surface area contributed by atoms with Crippen molar-refractivity contribution in [3.63, 3.8) is 0 Å². The van der Waals surface area contributed by atoms with Gasteiger partial charge in [-0.2, -0.15) is 12.1 Å². The molecule has 0 amide bonds. The second-order valence-corrected chi connectivity index (χ2v) is 4.71. The number of hydrogen-bond acceptors (Lipinski definition) is 1. The van der Waals surface area contributed by atoms with Crippen LogP contribution in [0.5, 0.6) is 0 Å². The Balaban J connectivity index is 0.00000162. The smallest absolute Gasteiger partial charge is 0.208 e. The molecule has 0 saturated heterocycles. The van der Waals surface area contributed by atoms with Crippen molar-refractivity contribution in [2.75, 3.05) is 0 Å². The van der Waals surface area contributed by atoms with Crippen LogP contribution in [-0.2, 0) is 46.2 Å². The third-order valence-electron chi connectivity index (χ3n) is 2.83. The van der Waals surface area contributed by atoms with Gasteiger partial charge in [0, 0.05) is 39.8 Å². The van der Waals surface area contributed by atoms with Crippen LogP contribution in [0.25, 0.3) is 11.3 Å². The zero-order valence-corrected chi connectivity index (χ0v) is 14.8. The number of halogens is 1. The SMILES string of the molecule is CCc1ccccc1-c1[c-]cc(Br)c(=O)n1C.[Y]. The number of rotatable bonds is 2. The molecule has 0 unspecified atom stereocenters. The van der Waals surface area contributed by atoms with Gasteiger partial charge in [0.2, 0.25) is 5.56 Å². The Morgan fingerprint density at radius 2 is 2.00 bits per heavy atom. The van der Waals surface area contributed by atoms with E-state index in [4.69, 9.17) is 0 Å². The van der Waals surface area contributed by atoms with Crippen LogP contribution in [0.3, 0.4) is 0 Å². The summed E-state index contributed by atoms with van der Waals surface area (Å²) in [6, 6.07) is 12.9. The van der Waals surface area contributed by atoms with E-state index in [9.17, 15) is 4.79 Å². The summed E-state index contributed by atoms with van der Waals surface area (Å²) in [4.78, 5) is 11.9. The molecule has 0 aliphatic carbocycles. The third-order valence-corrected chi connectivity index (χ3v) is 3.40. The molecule has 1 aromatic heterocycles. The molecule has 2 nitrogen and oxygen atoms in total. The zero-order chi connectivity index (χ0) is 12.4. The van der Waals surface area contributed by atoms with Crippen LogP contribution >= 0.6 is 15.9 Å². The van der Waals surface area contributed by atoms with Crippen molar-refractivity contribution in [3.05, 3.63) is 56.8 Å². The minimum absolute atomic E-state index is 0. The Morgan fingerprint density at radius 3 is 2.67 bits per heavy atom. The first-order chi connectivity index (χ1) is 8.15. The molecule has 0 aliphatic heterocycles. The van der Waals surface area contributed by atoms with Gasteiger partial charge in [0.25, 0.3) is 0 Å². The topological polar surface area (TPSA) is 22.0 Å². The van der Waals surface area contributed by atoms with E-state index in [1.807, 2.05) is 18.2 Å². The van der Waals surface area contributed by atoms with E-state index >= 15 is 0 Å². The Morgan fingerprint density at radius 1 is 1.33 bits per heavy atom. The van der Waals surface area contributed by atoms with Crippen LogP contribution in [0.2, 0.25) is 0 Å². The number of aryl methyl sites for hydroxylation is 1. The van der Waals surface area contributed by atoms with Crippen LogP contribution in [0.1, 0.15) is 12.5 Å². The molecule has 1 aromatic carbocycles. The molecule has 0 bridgehead atoms. The normalized spacial score (nSPS) is 9.94. The molecule has 0 fully saturated rings. The van der Waals surface area contributed by atoms with E-state index in [1.165, 1.54) is 5.56 Å². The maximum Gasteiger partial charge on any atom is 0.208 e. The van der Waals surface area contributed by atoms with Crippen LogP contribution in [0.15, 0.2) is 39.6 Å². The molecule has 0 atom stereocenters. The molecule has 91 valence electrons. The van der Waals surface area contributed by atoms with Gasteiger partial charge in [0.1, 0.15) is 0 Å². The van der Waals surface area contributed by atoms with Crippen molar-refractivity contribution in [1.82, 2.24) is 4.57 Å². The van der Waals surface area contributed by atoms with Crippen LogP contribution in [0, 0.1) is 6.07 Å². The number of benzene rings is 1. The summed E-state index contributed by atoms with van der Waals surface area (Å²) >= 11 is 3.22. The van der Waals surface area contributed by atoms with Gasteiger partial charge < -0.3 is 4.57 Å². The Kier molecular flexibility index (Phi) is 5.96. The fourth-order valence-electron chi connectivity index (χ4n) is 1.87. The standard InChI is InChI=1S/C14H13BrNO.Y/c1-3-10-6-4-5-7-11(10)13-9-8-12(15)14(17)16(13)2;/h4-8H,3H2,1-2H3;/q-1;. The molecule has 0 aliphatic rings. The predicted octanol–water partition coefficient (Wildman–Crippen LogP) is 3.17. The van der Waals surface area contributed by atoms with Crippen LogP contribution in [0.4, 0.5) is 0 Å². The minimum atomic E-state index is -0.0374. The Bertz CT molecular complexity index is 607. The van der Waals surface area contributed by atoms with Gasteiger partial charge in [-0.05, 0) is 10.9 Å². The molecule has 4 heteroatoms. The van der Waals surface area contributed by atoms with E-state index in [-0.39, 0.29) is 38.3 Å². The van der Waals surface area contributed by atoms with Crippen LogP contribution in [-0.4, -0.2) is 4.57 Å². The Labute approximate surface area is 140 Å². The molecule has 1 heterocycles. The predicted molar refractivity (Wildman–Crippen MR) is 73.0 cm³/mol. The maximum absolute atomic E-state index is 11.9. The van der Waals surface area contributed by atoms with E-state index in [2.05, 4.69) is 35.0 Å². The van der Waals surface area contributed by atoms with Gasteiger partial charge in [-0.1, -0.05) is 41.9 Å². The van der Waals surface area contributed by atoms with E-state index in [0.717, 1.165) is 17.7 Å². The van der Waals surface area contributed by atoms with Crippen molar-refractivity contribution in [2.24, 2.45) is 7.05 Å². The molecule has 1 radical (unpaired) electrons. The summed E-state index contributed by atoms with van der Waals surface area (Å²) in [7, 11) is 1.77. The summed E-state index contributed by atoms with van der Waals surface area (Å²) in [5, 5.41) is 0. The monoisotopic (exact) mass is 379 g/mol. The number of hydrogen-bond donors (Lipinski definition) is 0. The van der Waals surface area contributed by atoms with Crippen molar-refractivity contribution < 1.29 is 32.7 Å². The molecule has 0 N–H and O–H groups in total. The van der Waals surface area contributed by atoms with Gasteiger partial charge in [-0.15, -0.1) is 22.0 Å². The maximum atomic E-state index is 11.9. The van der Waals surface area contributed by atoms with Gasteiger partial charge in [-0.3, -0.25) is 4.79 Å². The van der Waals surface area contributed by atoms with Gasteiger partial charge >= 0.3 is 0 Å². The van der Waals surface area contributed by atoms with Gasteiger partial charge in [0.15, 0.2) is 0 Å². The first-order valence-corrected chi connectivity index (χ1v) is 6.30. The summed E-state index contributed by atoms with van der Waals surface area (Å²) < 4.78 is 2.16. The molecule has 2 aromatic rings.